The molecule has 0 aliphatic carbocycles. The minimum atomic E-state index is 0.488. The Morgan fingerprint density at radius 3 is 2.95 bits per heavy atom. The van der Waals surface area contributed by atoms with E-state index in [4.69, 9.17) is 4.74 Å². The summed E-state index contributed by atoms with van der Waals surface area (Å²) in [4.78, 5) is 4.32. The number of nitrogens with zero attached hydrogens (tertiary/aromatic N) is 1. The van der Waals surface area contributed by atoms with Gasteiger partial charge in [-0.2, -0.15) is 0 Å². The van der Waals surface area contributed by atoms with Crippen LogP contribution in [0.25, 0.3) is 0 Å². The summed E-state index contributed by atoms with van der Waals surface area (Å²) in [5, 5.41) is 3.35. The molecule has 0 aliphatic heterocycles. The molecule has 2 rings (SSSR count). The molecule has 0 spiro atoms. The summed E-state index contributed by atoms with van der Waals surface area (Å²) in [6, 6.07) is 12.0. The molecule has 19 heavy (non-hydrogen) atoms. The molecule has 0 bridgehead atoms. The number of hydrogen-bond donors (Lipinski definition) is 1. The summed E-state index contributed by atoms with van der Waals surface area (Å²) in [7, 11) is 0. The van der Waals surface area contributed by atoms with Gasteiger partial charge in [-0.25, -0.2) is 0 Å². The summed E-state index contributed by atoms with van der Waals surface area (Å²) in [6.07, 6.45) is 2.92. The second-order valence-electron chi connectivity index (χ2n) is 4.21. The van der Waals surface area contributed by atoms with Crippen LogP contribution in [0.4, 0.5) is 5.69 Å². The van der Waals surface area contributed by atoms with Gasteiger partial charge in [0.25, 0.3) is 0 Å². The van der Waals surface area contributed by atoms with Crippen LogP contribution in [0.1, 0.15) is 19.0 Å². The van der Waals surface area contributed by atoms with Gasteiger partial charge in [-0.15, -0.1) is 0 Å². The van der Waals surface area contributed by atoms with Gasteiger partial charge in [0.05, 0.1) is 5.69 Å². The maximum Gasteiger partial charge on any atom is 0.130 e. The van der Waals surface area contributed by atoms with Crippen LogP contribution in [0.2, 0.25) is 0 Å². The van der Waals surface area contributed by atoms with Crippen LogP contribution in [0.3, 0.4) is 0 Å². The molecule has 1 aromatic carbocycles. The first-order valence-electron chi connectivity index (χ1n) is 6.35. The van der Waals surface area contributed by atoms with Gasteiger partial charge in [-0.05, 0) is 59.3 Å². The van der Waals surface area contributed by atoms with Crippen molar-refractivity contribution in [3.8, 4) is 5.75 Å². The summed E-state index contributed by atoms with van der Waals surface area (Å²) < 4.78 is 6.91. The molecule has 0 amide bonds. The van der Waals surface area contributed by atoms with Crippen LogP contribution in [0.5, 0.6) is 5.75 Å². The quantitative estimate of drug-likeness (QED) is 0.780. The normalized spacial score (nSPS) is 10.2. The third kappa shape index (κ3) is 4.70. The molecule has 100 valence electrons. The highest BCUT2D eigenvalue weighted by atomic mass is 127. The Hall–Kier alpha value is -1.30. The lowest BCUT2D eigenvalue weighted by molar-refractivity contribution is 0.301. The highest BCUT2D eigenvalue weighted by molar-refractivity contribution is 14.1. The number of pyridine rings is 1. The van der Waals surface area contributed by atoms with Crippen molar-refractivity contribution < 1.29 is 4.74 Å². The van der Waals surface area contributed by atoms with Crippen LogP contribution in [-0.4, -0.2) is 11.5 Å². The molecule has 0 unspecified atom stereocenters. The maximum absolute atomic E-state index is 5.74. The smallest absolute Gasteiger partial charge is 0.130 e. The van der Waals surface area contributed by atoms with Crippen LogP contribution in [-0.2, 0) is 6.61 Å². The fourth-order valence-corrected chi connectivity index (χ4v) is 2.17. The van der Waals surface area contributed by atoms with Gasteiger partial charge in [0.1, 0.15) is 12.4 Å². The number of ether oxygens (including phenoxy) is 1. The highest BCUT2D eigenvalue weighted by Gasteiger charge is 1.99. The largest absolute Gasteiger partial charge is 0.487 e. The van der Waals surface area contributed by atoms with E-state index < -0.39 is 0 Å². The van der Waals surface area contributed by atoms with E-state index in [1.807, 2.05) is 42.6 Å². The predicted octanol–water partition coefficient (Wildman–Crippen LogP) is 4.09. The SMILES string of the molecule is CCCNc1ccnc(COc2cccc(I)c2)c1. The second-order valence-corrected chi connectivity index (χ2v) is 5.45. The van der Waals surface area contributed by atoms with Gasteiger partial charge in [0, 0.05) is 22.0 Å². The lowest BCUT2D eigenvalue weighted by Crippen LogP contribution is -2.03. The molecule has 1 aromatic heterocycles. The number of nitrogens with one attached hydrogen (secondary N) is 1. The Bertz CT molecular complexity index is 531. The fraction of sp³-hybridized carbons (Fsp3) is 0.267. The fourth-order valence-electron chi connectivity index (χ4n) is 1.65. The molecule has 0 fully saturated rings. The predicted molar refractivity (Wildman–Crippen MR) is 86.5 cm³/mol. The van der Waals surface area contributed by atoms with E-state index in [1.54, 1.807) is 0 Å². The Labute approximate surface area is 127 Å². The molecule has 4 heteroatoms. The van der Waals surface area contributed by atoms with E-state index in [-0.39, 0.29) is 0 Å². The zero-order valence-electron chi connectivity index (χ0n) is 10.9. The molecule has 0 aliphatic rings. The van der Waals surface area contributed by atoms with E-state index in [1.165, 1.54) is 3.57 Å². The first-order valence-corrected chi connectivity index (χ1v) is 7.43. The monoisotopic (exact) mass is 368 g/mol. The van der Waals surface area contributed by atoms with Crippen LogP contribution in [0, 0.1) is 3.57 Å². The number of aromatic nitrogens is 1. The number of hydrogen-bond acceptors (Lipinski definition) is 3. The van der Waals surface area contributed by atoms with Gasteiger partial charge >= 0.3 is 0 Å². The second kappa shape index (κ2) is 7.33. The zero-order valence-corrected chi connectivity index (χ0v) is 13.1. The van der Waals surface area contributed by atoms with Gasteiger partial charge in [-0.3, -0.25) is 4.98 Å². The third-order valence-corrected chi connectivity index (χ3v) is 3.25. The first kappa shape index (κ1) is 14.1. The summed E-state index contributed by atoms with van der Waals surface area (Å²) in [6.45, 7) is 3.61. The first-order chi connectivity index (χ1) is 9.28. The summed E-state index contributed by atoms with van der Waals surface area (Å²) >= 11 is 2.27. The van der Waals surface area contributed by atoms with Crippen molar-refractivity contribution in [3.05, 3.63) is 51.9 Å². The molecule has 0 radical (unpaired) electrons. The van der Waals surface area contributed by atoms with E-state index in [2.05, 4.69) is 39.8 Å². The van der Waals surface area contributed by atoms with Gasteiger partial charge in [0.15, 0.2) is 0 Å². The van der Waals surface area contributed by atoms with Crippen molar-refractivity contribution in [1.29, 1.82) is 0 Å². The molecule has 0 saturated heterocycles. The topological polar surface area (TPSA) is 34.2 Å². The minimum Gasteiger partial charge on any atom is -0.487 e. The van der Waals surface area contributed by atoms with E-state index in [0.29, 0.717) is 6.61 Å². The Morgan fingerprint density at radius 1 is 1.26 bits per heavy atom. The number of halogens is 1. The summed E-state index contributed by atoms with van der Waals surface area (Å²) in [5.74, 6) is 0.876. The van der Waals surface area contributed by atoms with Gasteiger partial charge in [-0.1, -0.05) is 13.0 Å². The van der Waals surface area contributed by atoms with Crippen molar-refractivity contribution in [3.63, 3.8) is 0 Å². The molecule has 0 atom stereocenters. The average Bonchev–Trinajstić information content (AvgIpc) is 2.43. The van der Waals surface area contributed by atoms with E-state index >= 15 is 0 Å². The molecule has 1 heterocycles. The van der Waals surface area contributed by atoms with Gasteiger partial charge in [0.2, 0.25) is 0 Å². The highest BCUT2D eigenvalue weighted by Crippen LogP contribution is 2.16. The summed E-state index contributed by atoms with van der Waals surface area (Å²) in [5.41, 5.74) is 2.03. The van der Waals surface area contributed by atoms with Crippen LogP contribution in [0.15, 0.2) is 42.6 Å². The van der Waals surface area contributed by atoms with E-state index in [9.17, 15) is 0 Å². The van der Waals surface area contributed by atoms with Crippen LogP contribution >= 0.6 is 22.6 Å². The molecule has 2 aromatic rings. The lowest BCUT2D eigenvalue weighted by atomic mass is 10.3. The lowest BCUT2D eigenvalue weighted by Gasteiger charge is -2.08. The Kier molecular flexibility index (Phi) is 5.44. The molecular weight excluding hydrogens is 351 g/mol. The maximum atomic E-state index is 5.74. The molecule has 3 nitrogen and oxygen atoms in total. The standard InChI is InChI=1S/C15H17IN2O/c1-2-7-17-13-6-8-18-14(10-13)11-19-15-5-3-4-12(16)9-15/h3-6,8-10H,2,7,11H2,1H3,(H,17,18). The minimum absolute atomic E-state index is 0.488. The third-order valence-electron chi connectivity index (χ3n) is 2.58. The van der Waals surface area contributed by atoms with E-state index in [0.717, 1.165) is 30.1 Å². The van der Waals surface area contributed by atoms with Crippen molar-refractivity contribution in [2.75, 3.05) is 11.9 Å². The molecular formula is C15H17IN2O. The van der Waals surface area contributed by atoms with Crippen LogP contribution < -0.4 is 10.1 Å². The number of rotatable bonds is 6. The Balaban J connectivity index is 1.95. The molecule has 1 N–H and O–H groups in total. The molecule has 0 saturated carbocycles. The number of anilines is 1. The van der Waals surface area contributed by atoms with Crippen molar-refractivity contribution in [2.24, 2.45) is 0 Å². The number of benzene rings is 1. The van der Waals surface area contributed by atoms with Crippen molar-refractivity contribution in [2.45, 2.75) is 20.0 Å². The average molecular weight is 368 g/mol. The Morgan fingerprint density at radius 2 is 2.16 bits per heavy atom. The zero-order chi connectivity index (χ0) is 13.5. The van der Waals surface area contributed by atoms with Crippen molar-refractivity contribution >= 4 is 28.3 Å². The van der Waals surface area contributed by atoms with Crippen molar-refractivity contribution in [1.82, 2.24) is 4.98 Å². The van der Waals surface area contributed by atoms with Gasteiger partial charge < -0.3 is 10.1 Å².